The minimum absolute atomic E-state index is 0.242. The molecular formula is C15H22FN3OS. The number of benzene rings is 1. The van der Waals surface area contributed by atoms with Gasteiger partial charge in [-0.3, -0.25) is 0 Å². The van der Waals surface area contributed by atoms with Crippen molar-refractivity contribution in [2.45, 2.75) is 25.5 Å². The van der Waals surface area contributed by atoms with E-state index in [2.05, 4.69) is 15.6 Å². The maximum Gasteiger partial charge on any atom is 0.191 e. The van der Waals surface area contributed by atoms with Gasteiger partial charge in [0.2, 0.25) is 0 Å². The Hall–Kier alpha value is -1.27. The molecule has 116 valence electrons. The molecule has 0 radical (unpaired) electrons. The van der Waals surface area contributed by atoms with Crippen LogP contribution in [0.5, 0.6) is 0 Å². The van der Waals surface area contributed by atoms with Crippen LogP contribution in [0, 0.1) is 5.82 Å². The third-order valence-corrected chi connectivity index (χ3v) is 4.58. The Morgan fingerprint density at radius 2 is 2.14 bits per heavy atom. The lowest BCUT2D eigenvalue weighted by Gasteiger charge is -2.23. The molecule has 1 saturated heterocycles. The summed E-state index contributed by atoms with van der Waals surface area (Å²) in [6.45, 7) is 3.72. The molecule has 1 aromatic carbocycles. The highest BCUT2D eigenvalue weighted by Gasteiger charge is 2.31. The highest BCUT2D eigenvalue weighted by atomic mass is 32.2. The normalized spacial score (nSPS) is 22.3. The topological polar surface area (TPSA) is 56.7 Å². The Morgan fingerprint density at radius 3 is 2.76 bits per heavy atom. The molecule has 6 heteroatoms. The fourth-order valence-electron chi connectivity index (χ4n) is 2.09. The molecule has 1 heterocycles. The maximum atomic E-state index is 12.9. The molecule has 1 atom stereocenters. The Morgan fingerprint density at radius 1 is 1.38 bits per heavy atom. The first kappa shape index (κ1) is 16.1. The number of hydrogen-bond acceptors (Lipinski definition) is 3. The first-order valence-corrected chi connectivity index (χ1v) is 8.33. The molecular weight excluding hydrogens is 289 g/mol. The van der Waals surface area contributed by atoms with Gasteiger partial charge in [-0.2, -0.15) is 11.8 Å². The highest BCUT2D eigenvalue weighted by Crippen LogP contribution is 2.26. The van der Waals surface area contributed by atoms with E-state index in [-0.39, 0.29) is 5.82 Å². The van der Waals surface area contributed by atoms with Crippen LogP contribution >= 0.6 is 11.8 Å². The molecule has 1 aliphatic heterocycles. The lowest BCUT2D eigenvalue weighted by atomic mass is 10.0. The van der Waals surface area contributed by atoms with E-state index in [0.717, 1.165) is 30.0 Å². The third-order valence-electron chi connectivity index (χ3n) is 3.34. The van der Waals surface area contributed by atoms with Gasteiger partial charge in [-0.15, -0.1) is 0 Å². The Kier molecular flexibility index (Phi) is 5.87. The second kappa shape index (κ2) is 7.66. The molecule has 1 unspecified atom stereocenters. The van der Waals surface area contributed by atoms with Crippen molar-refractivity contribution in [1.82, 2.24) is 10.6 Å². The molecule has 0 saturated carbocycles. The van der Waals surface area contributed by atoms with Gasteiger partial charge in [-0.1, -0.05) is 12.1 Å². The van der Waals surface area contributed by atoms with Crippen molar-refractivity contribution in [3.63, 3.8) is 0 Å². The van der Waals surface area contributed by atoms with E-state index in [1.54, 1.807) is 23.9 Å². The number of nitrogens with one attached hydrogen (secondary N) is 2. The quantitative estimate of drug-likeness (QED) is 0.573. The van der Waals surface area contributed by atoms with E-state index in [1.165, 1.54) is 12.1 Å². The van der Waals surface area contributed by atoms with Crippen LogP contribution in [-0.2, 0) is 6.54 Å². The van der Waals surface area contributed by atoms with E-state index in [4.69, 9.17) is 0 Å². The molecule has 4 nitrogen and oxygen atoms in total. The van der Waals surface area contributed by atoms with Gasteiger partial charge in [0.05, 0.1) is 12.1 Å². The lowest BCUT2D eigenvalue weighted by molar-refractivity contribution is 0.0724. The smallest absolute Gasteiger partial charge is 0.191 e. The number of aliphatic imine (C=N–C) groups is 1. The third kappa shape index (κ3) is 5.21. The minimum atomic E-state index is -0.642. The zero-order chi connectivity index (χ0) is 15.1. The van der Waals surface area contributed by atoms with Crippen molar-refractivity contribution in [2.24, 2.45) is 4.99 Å². The van der Waals surface area contributed by atoms with Gasteiger partial charge >= 0.3 is 0 Å². The number of hydrogen-bond donors (Lipinski definition) is 3. The second-order valence-corrected chi connectivity index (χ2v) is 6.31. The molecule has 1 fully saturated rings. The van der Waals surface area contributed by atoms with Crippen molar-refractivity contribution in [1.29, 1.82) is 0 Å². The molecule has 2 rings (SSSR count). The van der Waals surface area contributed by atoms with Crippen LogP contribution in [0.4, 0.5) is 4.39 Å². The number of guanidine groups is 1. The average Bonchev–Trinajstić information content (AvgIpc) is 2.91. The summed E-state index contributed by atoms with van der Waals surface area (Å²) < 4.78 is 12.9. The molecule has 0 amide bonds. The van der Waals surface area contributed by atoms with Crippen LogP contribution < -0.4 is 10.6 Å². The predicted molar refractivity (Wildman–Crippen MR) is 86.1 cm³/mol. The zero-order valence-corrected chi connectivity index (χ0v) is 13.0. The van der Waals surface area contributed by atoms with E-state index >= 15 is 0 Å². The molecule has 3 N–H and O–H groups in total. The van der Waals surface area contributed by atoms with Gasteiger partial charge < -0.3 is 15.7 Å². The SMILES string of the molecule is CCNC(=NCc1ccc(F)cc1)NCC1(O)CCSC1. The van der Waals surface area contributed by atoms with E-state index in [1.807, 2.05) is 6.92 Å². The summed E-state index contributed by atoms with van der Waals surface area (Å²) in [5.74, 6) is 2.19. The monoisotopic (exact) mass is 311 g/mol. The van der Waals surface area contributed by atoms with Crippen molar-refractivity contribution in [3.05, 3.63) is 35.6 Å². The number of aliphatic hydroxyl groups is 1. The summed E-state index contributed by atoms with van der Waals surface area (Å²) in [6, 6.07) is 6.32. The summed E-state index contributed by atoms with van der Waals surface area (Å²) in [7, 11) is 0. The minimum Gasteiger partial charge on any atom is -0.387 e. The summed E-state index contributed by atoms with van der Waals surface area (Å²) in [4.78, 5) is 4.46. The molecule has 21 heavy (non-hydrogen) atoms. The van der Waals surface area contributed by atoms with Crippen molar-refractivity contribution < 1.29 is 9.50 Å². The van der Waals surface area contributed by atoms with Gasteiger partial charge in [0.15, 0.2) is 5.96 Å². The van der Waals surface area contributed by atoms with Crippen LogP contribution in [0.1, 0.15) is 18.9 Å². The van der Waals surface area contributed by atoms with Gasteiger partial charge in [0.1, 0.15) is 5.82 Å². The summed E-state index contributed by atoms with van der Waals surface area (Å²) in [6.07, 6.45) is 0.808. The Balaban J connectivity index is 1.90. The Bertz CT molecular complexity index is 472. The fourth-order valence-corrected chi connectivity index (χ4v) is 3.38. The largest absolute Gasteiger partial charge is 0.387 e. The highest BCUT2D eigenvalue weighted by molar-refractivity contribution is 7.99. The van der Waals surface area contributed by atoms with Gasteiger partial charge in [-0.25, -0.2) is 9.38 Å². The summed E-state index contributed by atoms with van der Waals surface area (Å²) in [5, 5.41) is 16.7. The average molecular weight is 311 g/mol. The maximum absolute atomic E-state index is 12.9. The number of nitrogens with zero attached hydrogens (tertiary/aromatic N) is 1. The van der Waals surface area contributed by atoms with Crippen LogP contribution in [-0.4, -0.2) is 41.3 Å². The van der Waals surface area contributed by atoms with E-state index < -0.39 is 5.60 Å². The first-order valence-electron chi connectivity index (χ1n) is 7.18. The van der Waals surface area contributed by atoms with Gasteiger partial charge in [0.25, 0.3) is 0 Å². The van der Waals surface area contributed by atoms with Crippen LogP contribution in [0.2, 0.25) is 0 Å². The molecule has 1 aromatic rings. The van der Waals surface area contributed by atoms with E-state index in [9.17, 15) is 9.50 Å². The van der Waals surface area contributed by atoms with Crippen LogP contribution in [0.3, 0.4) is 0 Å². The molecule has 0 aliphatic carbocycles. The molecule has 0 bridgehead atoms. The predicted octanol–water partition coefficient (Wildman–Crippen LogP) is 1.75. The second-order valence-electron chi connectivity index (χ2n) is 5.20. The van der Waals surface area contributed by atoms with Crippen molar-refractivity contribution in [2.75, 3.05) is 24.6 Å². The zero-order valence-electron chi connectivity index (χ0n) is 12.2. The van der Waals surface area contributed by atoms with Crippen LogP contribution in [0.25, 0.3) is 0 Å². The first-order chi connectivity index (χ1) is 10.1. The Labute approximate surface area is 129 Å². The number of halogens is 1. The summed E-state index contributed by atoms with van der Waals surface area (Å²) in [5.41, 5.74) is 0.306. The molecule has 0 aromatic heterocycles. The molecule has 1 aliphatic rings. The lowest BCUT2D eigenvalue weighted by Crippen LogP contribution is -2.47. The van der Waals surface area contributed by atoms with Crippen molar-refractivity contribution in [3.8, 4) is 0 Å². The fraction of sp³-hybridized carbons (Fsp3) is 0.533. The molecule has 0 spiro atoms. The van der Waals surface area contributed by atoms with Crippen LogP contribution in [0.15, 0.2) is 29.3 Å². The van der Waals surface area contributed by atoms with E-state index in [0.29, 0.717) is 19.0 Å². The summed E-state index contributed by atoms with van der Waals surface area (Å²) >= 11 is 1.77. The number of rotatable bonds is 5. The van der Waals surface area contributed by atoms with Gasteiger partial charge in [-0.05, 0) is 36.8 Å². The number of thioether (sulfide) groups is 1. The standard InChI is InChI=1S/C15H22FN3OS/c1-2-17-14(19-10-15(20)7-8-21-11-15)18-9-12-3-5-13(16)6-4-12/h3-6,20H,2,7-11H2,1H3,(H2,17,18,19). The van der Waals surface area contributed by atoms with Gasteiger partial charge in [0, 0.05) is 18.8 Å². The van der Waals surface area contributed by atoms with Crippen molar-refractivity contribution >= 4 is 17.7 Å².